The molecule has 4 aromatic rings. The van der Waals surface area contributed by atoms with Gasteiger partial charge in [-0.25, -0.2) is 0 Å². The van der Waals surface area contributed by atoms with E-state index >= 15 is 0 Å². The predicted molar refractivity (Wildman–Crippen MR) is 431 cm³/mol. The summed E-state index contributed by atoms with van der Waals surface area (Å²) >= 11 is 0. The minimum atomic E-state index is -1.10. The first-order valence-corrected chi connectivity index (χ1v) is 37.4. The predicted octanol–water partition coefficient (Wildman–Crippen LogP) is 8.92. The molecule has 0 bridgehead atoms. The highest BCUT2D eigenvalue weighted by Crippen LogP contribution is 2.46. The summed E-state index contributed by atoms with van der Waals surface area (Å²) in [5.41, 5.74) is 6.43. The van der Waals surface area contributed by atoms with Gasteiger partial charge in [-0.15, -0.1) is 0 Å². The molecular weight excluding hydrogens is 1400 g/mol. The van der Waals surface area contributed by atoms with Crippen molar-refractivity contribution >= 4 is 119 Å². The second-order valence-electron chi connectivity index (χ2n) is 31.4. The molecule has 588 valence electrons. The molecule has 110 heavy (non-hydrogen) atoms. The molecule has 8 N–H and O–H groups in total. The molecule has 0 fully saturated rings. The fourth-order valence-electron chi connectivity index (χ4n) is 12.7. The summed E-state index contributed by atoms with van der Waals surface area (Å²) in [5, 5.41) is 29.2. The third kappa shape index (κ3) is 21.8. The summed E-state index contributed by atoms with van der Waals surface area (Å²) in [4.78, 5) is 132. The van der Waals surface area contributed by atoms with Crippen molar-refractivity contribution in [3.8, 4) is 17.2 Å². The smallest absolute Gasteiger partial charge is 0.253 e. The highest BCUT2D eigenvalue weighted by molar-refractivity contribution is 6.28. The van der Waals surface area contributed by atoms with Crippen LogP contribution in [0.2, 0.25) is 0 Å². The second-order valence-corrected chi connectivity index (χ2v) is 31.4. The Morgan fingerprint density at radius 2 is 1.28 bits per heavy atom. The van der Waals surface area contributed by atoms with Crippen molar-refractivity contribution < 1.29 is 67.2 Å². The van der Waals surface area contributed by atoms with Crippen molar-refractivity contribution in [2.75, 3.05) is 64.3 Å². The van der Waals surface area contributed by atoms with Crippen molar-refractivity contribution in [2.24, 2.45) is 32.7 Å². The number of ether oxygens (including phenoxy) is 4. The molecule has 4 heterocycles. The molecule has 26 nitrogen and oxygen atoms in total. The summed E-state index contributed by atoms with van der Waals surface area (Å²) in [6, 6.07) is 18.9. The summed E-state index contributed by atoms with van der Waals surface area (Å²) in [6.07, 6.45) is 14.6. The number of methoxy groups -OCH3 is 1. The molecule has 4 aromatic carbocycles. The van der Waals surface area contributed by atoms with Crippen LogP contribution in [0.5, 0.6) is 17.2 Å². The van der Waals surface area contributed by atoms with Gasteiger partial charge in [0.05, 0.1) is 55.4 Å². The number of aliphatic imine (C=N–C) groups is 2. The van der Waals surface area contributed by atoms with Crippen LogP contribution in [0.4, 0.5) is 22.7 Å². The molecule has 0 aliphatic carbocycles. The van der Waals surface area contributed by atoms with Crippen LogP contribution >= 0.6 is 0 Å². The number of benzene rings is 4. The Bertz CT molecular complexity index is 4280. The molecule has 4 aliphatic heterocycles. The van der Waals surface area contributed by atoms with Crippen molar-refractivity contribution in [3.05, 3.63) is 138 Å². The van der Waals surface area contributed by atoms with Crippen molar-refractivity contribution in [2.45, 2.75) is 170 Å². The van der Waals surface area contributed by atoms with Crippen molar-refractivity contribution in [1.29, 1.82) is 0 Å². The topological polar surface area (TPSA) is 329 Å². The van der Waals surface area contributed by atoms with E-state index < -0.39 is 87.4 Å². The number of hydrogen-bond acceptors (Lipinski definition) is 18. The maximum absolute atomic E-state index is 13.7. The van der Waals surface area contributed by atoms with E-state index in [1.54, 1.807) is 82.4 Å². The zero-order valence-electron chi connectivity index (χ0n) is 66.4. The SMILES string of the molecule is BC12C=Nc3cc(OCCCOc4cc(/N=C\C5CC(c6ccc(NC(=O)[C@H](C)NC(=O)C(NC(=O)C(C)(C)CCO)C(C)C)cc6)=CN5C)c(C=C)cc4OC)c(C)cc3C(=C)N1C=C(c1ccc(NC(=O)C(C)NC(=O)C(NC(=O)C(C)(C)COC(C)(C)CNC(=O)CCCN3C(=O)C=CC3=O)C(C)C)cc1)C2. The van der Waals surface area contributed by atoms with E-state index in [1.807, 2.05) is 113 Å². The van der Waals surface area contributed by atoms with E-state index in [1.165, 1.54) is 12.2 Å². The van der Waals surface area contributed by atoms with Gasteiger partial charge in [-0.1, -0.05) is 85.0 Å². The lowest BCUT2D eigenvalue weighted by atomic mass is 9.74. The van der Waals surface area contributed by atoms with Crippen molar-refractivity contribution in [3.63, 3.8) is 0 Å². The van der Waals surface area contributed by atoms with Gasteiger partial charge in [0.2, 0.25) is 41.4 Å². The van der Waals surface area contributed by atoms with Crippen LogP contribution in [0.1, 0.15) is 149 Å². The van der Waals surface area contributed by atoms with Gasteiger partial charge in [0.1, 0.15) is 37.8 Å². The summed E-state index contributed by atoms with van der Waals surface area (Å²) in [5.74, 6) is -2.60. The van der Waals surface area contributed by atoms with Gasteiger partial charge >= 0.3 is 0 Å². The maximum atomic E-state index is 13.7. The van der Waals surface area contributed by atoms with Crippen LogP contribution in [0.15, 0.2) is 120 Å². The number of amides is 9. The first kappa shape index (κ1) is 85.0. The van der Waals surface area contributed by atoms with Gasteiger partial charge in [0.25, 0.3) is 11.8 Å². The maximum Gasteiger partial charge on any atom is 0.253 e. The first-order chi connectivity index (χ1) is 51.9. The molecule has 4 aliphatic rings. The Morgan fingerprint density at radius 1 is 0.727 bits per heavy atom. The average molecular weight is 1510 g/mol. The number of imide groups is 1. The molecule has 8 rings (SSSR count). The Morgan fingerprint density at radius 3 is 1.83 bits per heavy atom. The highest BCUT2D eigenvalue weighted by atomic mass is 16.5. The molecule has 6 atom stereocenters. The highest BCUT2D eigenvalue weighted by Gasteiger charge is 2.41. The minimum Gasteiger partial charge on any atom is -0.493 e. The Balaban J connectivity index is 0.777. The Hall–Kier alpha value is -10.7. The van der Waals surface area contributed by atoms with Crippen molar-refractivity contribution in [1.82, 2.24) is 41.3 Å². The van der Waals surface area contributed by atoms with Crippen LogP contribution in [-0.2, 0) is 47.9 Å². The fraction of sp³-hybridized carbons (Fsp3) is 0.458. The number of aryl methyl sites for hydroxylation is 1. The molecule has 0 saturated heterocycles. The molecule has 9 amide bonds. The van der Waals surface area contributed by atoms with Crippen LogP contribution in [0.25, 0.3) is 22.9 Å². The summed E-state index contributed by atoms with van der Waals surface area (Å²) in [7, 11) is 5.69. The molecular formula is C83H109BN12O14. The standard InChI is InChI=1S/C83H109BN12O14/c1-18-55-39-67(107-17)68(40-64(55)85-43-62-38-58(44-94(62)16)56-22-26-60(27-23-56)90-74(101)52(7)88-76(103)72(49(2)3)92-78(105)80(10,11)32-34-97)109-36-20-35-108-66-41-65-63(37-51(66)6)54(9)96-45-59(42-83(96,84)47-86-65)57-24-28-61(29-25-57)91-75(102)53(8)89-77(104)73(50(4)5)93-79(106)81(12,13)48-110-82(14,15)46-87-69(98)21-19-33-95-70(99)30-31-71(95)100/h18,22-31,37,39-41,43-45,47,49-50,52-53,62,72-73,97H,1,9,19-21,32-36,38,42,46,48,84H2,2-8,10-17H3,(H,87,98)(H,88,103)(H,89,104)(H,90,101)(H,91,102)(H,92,105)(H,93,106)/b85-43-/t52-,53?,62?,72?,73?,83?/m0/s1. The number of aliphatic hydroxyl groups excluding tert-OH is 1. The molecule has 0 spiro atoms. The molecule has 0 radical (unpaired) electrons. The number of nitrogens with zero attached hydrogens (tertiary/aromatic N) is 5. The zero-order valence-corrected chi connectivity index (χ0v) is 66.4. The third-order valence-corrected chi connectivity index (χ3v) is 20.0. The Labute approximate surface area is 646 Å². The molecule has 0 saturated carbocycles. The van der Waals surface area contributed by atoms with Gasteiger partial charge in [0, 0.05) is 128 Å². The lowest BCUT2D eigenvalue weighted by Gasteiger charge is -2.33. The monoisotopic (exact) mass is 1510 g/mol. The third-order valence-electron chi connectivity index (χ3n) is 20.0. The fourth-order valence-corrected chi connectivity index (χ4v) is 12.7. The molecule has 5 unspecified atom stereocenters. The van der Waals surface area contributed by atoms with E-state index in [9.17, 15) is 48.3 Å². The van der Waals surface area contributed by atoms with Gasteiger partial charge in [-0.3, -0.25) is 58.0 Å². The second kappa shape index (κ2) is 36.7. The summed E-state index contributed by atoms with van der Waals surface area (Å²) < 4.78 is 24.6. The zero-order chi connectivity index (χ0) is 80.7. The number of carbonyl (C=O) groups excluding carboxylic acids is 9. The molecule has 27 heteroatoms. The lowest BCUT2D eigenvalue weighted by Crippen LogP contribution is -2.56. The van der Waals surface area contributed by atoms with Crippen LogP contribution in [0.3, 0.4) is 0 Å². The lowest BCUT2D eigenvalue weighted by molar-refractivity contribution is -0.141. The number of fused-ring (bicyclic) bond motifs is 2. The first-order valence-electron chi connectivity index (χ1n) is 37.4. The summed E-state index contributed by atoms with van der Waals surface area (Å²) in [6.45, 7) is 32.0. The quantitative estimate of drug-likeness (QED) is 0.00904. The van der Waals surface area contributed by atoms with Gasteiger partial charge in [-0.2, -0.15) is 0 Å². The largest absolute Gasteiger partial charge is 0.493 e. The molecule has 0 aromatic heterocycles. The van der Waals surface area contributed by atoms with E-state index in [2.05, 4.69) is 80.4 Å². The van der Waals surface area contributed by atoms with E-state index in [0.29, 0.717) is 73.2 Å². The number of carbonyl (C=O) groups is 9. The van der Waals surface area contributed by atoms with Gasteiger partial charge in [0.15, 0.2) is 11.5 Å². The number of aliphatic hydroxyl groups is 1. The van der Waals surface area contributed by atoms with E-state index in [-0.39, 0.29) is 68.8 Å². The van der Waals surface area contributed by atoms with Crippen LogP contribution in [0, 0.1) is 29.6 Å². The van der Waals surface area contributed by atoms with Gasteiger partial charge < -0.3 is 71.1 Å². The minimum absolute atomic E-state index is 0.0393. The van der Waals surface area contributed by atoms with Crippen LogP contribution < -0.4 is 51.4 Å². The normalized spacial score (nSPS) is 17.3. The van der Waals surface area contributed by atoms with Crippen LogP contribution in [-0.4, -0.2) is 188 Å². The Kier molecular flexibility index (Phi) is 28.3. The van der Waals surface area contributed by atoms with Gasteiger partial charge in [-0.05, 0) is 150 Å². The number of anilines is 2. The number of hydrogen-bond donors (Lipinski definition) is 8. The van der Waals surface area contributed by atoms with E-state index in [0.717, 1.165) is 55.2 Å². The number of rotatable bonds is 37. The average Bonchev–Trinajstić information content (AvgIpc) is 1.60. The number of nitrogens with one attached hydrogen (secondary N) is 7. The van der Waals surface area contributed by atoms with E-state index in [4.69, 9.17) is 28.9 Å².